The molecule has 1 amide bonds. The van der Waals surface area contributed by atoms with E-state index in [0.29, 0.717) is 12.5 Å². The fourth-order valence-electron chi connectivity index (χ4n) is 2.99. The molecule has 0 unspecified atom stereocenters. The van der Waals surface area contributed by atoms with Gasteiger partial charge >= 0.3 is 0 Å². The van der Waals surface area contributed by atoms with Crippen LogP contribution in [0.4, 0.5) is 0 Å². The summed E-state index contributed by atoms with van der Waals surface area (Å²) in [5.74, 6) is 0.105. The Balaban J connectivity index is 1.60. The Bertz CT molecular complexity index is 644. The lowest BCUT2D eigenvalue weighted by Gasteiger charge is -2.22. The predicted molar refractivity (Wildman–Crippen MR) is 91.0 cm³/mol. The SMILES string of the molecule is Cc1cccc(-c2nc(CC(=O)NC3CCCCC3)cs2)c1. The Morgan fingerprint density at radius 2 is 2.14 bits per heavy atom. The lowest BCUT2D eigenvalue weighted by molar-refractivity contribution is -0.121. The second kappa shape index (κ2) is 7.05. The Kier molecular flexibility index (Phi) is 4.88. The van der Waals surface area contributed by atoms with Crippen molar-refractivity contribution in [3.63, 3.8) is 0 Å². The van der Waals surface area contributed by atoms with Crippen molar-refractivity contribution >= 4 is 17.2 Å². The molecule has 0 aliphatic heterocycles. The van der Waals surface area contributed by atoms with Crippen LogP contribution in [0.5, 0.6) is 0 Å². The van der Waals surface area contributed by atoms with E-state index >= 15 is 0 Å². The van der Waals surface area contributed by atoms with Gasteiger partial charge in [0.25, 0.3) is 0 Å². The van der Waals surface area contributed by atoms with Crippen LogP contribution in [0.15, 0.2) is 29.6 Å². The van der Waals surface area contributed by atoms with Gasteiger partial charge in [0.1, 0.15) is 5.01 Å². The molecule has 0 saturated heterocycles. The van der Waals surface area contributed by atoms with Gasteiger partial charge in [0.15, 0.2) is 0 Å². The van der Waals surface area contributed by atoms with E-state index in [-0.39, 0.29) is 5.91 Å². The van der Waals surface area contributed by atoms with Crippen LogP contribution in [-0.4, -0.2) is 16.9 Å². The van der Waals surface area contributed by atoms with E-state index in [1.807, 2.05) is 11.4 Å². The Hall–Kier alpha value is -1.68. The van der Waals surface area contributed by atoms with Gasteiger partial charge in [0.05, 0.1) is 12.1 Å². The molecule has 0 atom stereocenters. The Morgan fingerprint density at radius 3 is 2.91 bits per heavy atom. The molecule has 1 aromatic carbocycles. The fourth-order valence-corrected chi connectivity index (χ4v) is 3.81. The van der Waals surface area contributed by atoms with Crippen LogP contribution >= 0.6 is 11.3 Å². The first-order chi connectivity index (χ1) is 10.7. The van der Waals surface area contributed by atoms with Gasteiger partial charge in [-0.1, -0.05) is 43.0 Å². The lowest BCUT2D eigenvalue weighted by atomic mass is 9.95. The van der Waals surface area contributed by atoms with Crippen molar-refractivity contribution in [3.8, 4) is 10.6 Å². The highest BCUT2D eigenvalue weighted by atomic mass is 32.1. The molecule has 1 N–H and O–H groups in total. The van der Waals surface area contributed by atoms with E-state index < -0.39 is 0 Å². The van der Waals surface area contributed by atoms with E-state index in [2.05, 4.69) is 35.4 Å². The summed E-state index contributed by atoms with van der Waals surface area (Å²) in [4.78, 5) is 16.7. The minimum Gasteiger partial charge on any atom is -0.353 e. The number of nitrogens with one attached hydrogen (secondary N) is 1. The van der Waals surface area contributed by atoms with Crippen molar-refractivity contribution in [2.75, 3.05) is 0 Å². The third-order valence-corrected chi connectivity index (χ3v) is 5.07. The van der Waals surface area contributed by atoms with E-state index in [1.165, 1.54) is 24.8 Å². The highest BCUT2D eigenvalue weighted by molar-refractivity contribution is 7.13. The number of aryl methyl sites for hydroxylation is 1. The number of rotatable bonds is 4. The monoisotopic (exact) mass is 314 g/mol. The van der Waals surface area contributed by atoms with Crippen molar-refractivity contribution in [2.24, 2.45) is 0 Å². The van der Waals surface area contributed by atoms with E-state index in [4.69, 9.17) is 0 Å². The normalized spacial score (nSPS) is 15.7. The molecule has 1 saturated carbocycles. The van der Waals surface area contributed by atoms with Crippen molar-refractivity contribution in [2.45, 2.75) is 51.5 Å². The average Bonchev–Trinajstić information content (AvgIpc) is 2.96. The third-order valence-electron chi connectivity index (χ3n) is 4.13. The maximum atomic E-state index is 12.1. The fraction of sp³-hybridized carbons (Fsp3) is 0.444. The third kappa shape index (κ3) is 3.95. The van der Waals surface area contributed by atoms with Crippen LogP contribution in [-0.2, 0) is 11.2 Å². The summed E-state index contributed by atoms with van der Waals surface area (Å²) in [7, 11) is 0. The number of carbonyl (C=O) groups excluding carboxylic acids is 1. The van der Waals surface area contributed by atoms with Gasteiger partial charge in [0.2, 0.25) is 5.91 Å². The molecule has 1 heterocycles. The molecule has 1 aliphatic carbocycles. The molecular formula is C18H22N2OS. The van der Waals surface area contributed by atoms with Crippen molar-refractivity contribution in [1.29, 1.82) is 0 Å². The van der Waals surface area contributed by atoms with Crippen molar-refractivity contribution in [3.05, 3.63) is 40.9 Å². The topological polar surface area (TPSA) is 42.0 Å². The molecule has 0 bridgehead atoms. The number of thiazole rings is 1. The number of benzene rings is 1. The smallest absolute Gasteiger partial charge is 0.226 e. The van der Waals surface area contributed by atoms with Gasteiger partial charge in [-0.05, 0) is 25.8 Å². The van der Waals surface area contributed by atoms with E-state index in [9.17, 15) is 4.79 Å². The Labute approximate surface area is 135 Å². The van der Waals surface area contributed by atoms with Gasteiger partial charge in [-0.2, -0.15) is 0 Å². The quantitative estimate of drug-likeness (QED) is 0.922. The van der Waals surface area contributed by atoms with Gasteiger partial charge in [-0.3, -0.25) is 4.79 Å². The van der Waals surface area contributed by atoms with Gasteiger partial charge in [-0.25, -0.2) is 4.98 Å². The van der Waals surface area contributed by atoms with Crippen LogP contribution in [0.2, 0.25) is 0 Å². The van der Waals surface area contributed by atoms with Gasteiger partial charge < -0.3 is 5.32 Å². The molecule has 22 heavy (non-hydrogen) atoms. The summed E-state index contributed by atoms with van der Waals surface area (Å²) >= 11 is 1.61. The molecule has 2 aromatic rings. The molecule has 1 aliphatic rings. The molecular weight excluding hydrogens is 292 g/mol. The summed E-state index contributed by atoms with van der Waals surface area (Å²) < 4.78 is 0. The maximum absolute atomic E-state index is 12.1. The van der Waals surface area contributed by atoms with Crippen LogP contribution in [0.1, 0.15) is 43.4 Å². The predicted octanol–water partition coefficient (Wildman–Crippen LogP) is 4.11. The Morgan fingerprint density at radius 1 is 1.32 bits per heavy atom. The van der Waals surface area contributed by atoms with Crippen LogP contribution in [0.3, 0.4) is 0 Å². The molecule has 1 aromatic heterocycles. The number of aromatic nitrogens is 1. The standard InChI is InChI=1S/C18H22N2OS/c1-13-6-5-7-14(10-13)18-20-16(12-22-18)11-17(21)19-15-8-3-2-4-9-15/h5-7,10,12,15H,2-4,8-9,11H2,1H3,(H,19,21). The van der Waals surface area contributed by atoms with E-state index in [0.717, 1.165) is 29.1 Å². The van der Waals surface area contributed by atoms with Crippen LogP contribution in [0.25, 0.3) is 10.6 Å². The van der Waals surface area contributed by atoms with Gasteiger partial charge in [0, 0.05) is 17.0 Å². The van der Waals surface area contributed by atoms with Crippen LogP contribution < -0.4 is 5.32 Å². The van der Waals surface area contributed by atoms with Crippen molar-refractivity contribution in [1.82, 2.24) is 10.3 Å². The number of amides is 1. The lowest BCUT2D eigenvalue weighted by Crippen LogP contribution is -2.37. The molecule has 4 heteroatoms. The molecule has 1 fully saturated rings. The van der Waals surface area contributed by atoms with E-state index in [1.54, 1.807) is 11.3 Å². The average molecular weight is 314 g/mol. The first-order valence-electron chi connectivity index (χ1n) is 8.01. The highest BCUT2D eigenvalue weighted by Gasteiger charge is 2.16. The first-order valence-corrected chi connectivity index (χ1v) is 8.89. The number of hydrogen-bond donors (Lipinski definition) is 1. The van der Waals surface area contributed by atoms with Gasteiger partial charge in [-0.15, -0.1) is 11.3 Å². The maximum Gasteiger partial charge on any atom is 0.226 e. The summed E-state index contributed by atoms with van der Waals surface area (Å²) in [5.41, 5.74) is 3.23. The summed E-state index contributed by atoms with van der Waals surface area (Å²) in [5, 5.41) is 6.14. The second-order valence-electron chi connectivity index (χ2n) is 6.09. The molecule has 0 spiro atoms. The largest absolute Gasteiger partial charge is 0.353 e. The highest BCUT2D eigenvalue weighted by Crippen LogP contribution is 2.24. The summed E-state index contributed by atoms with van der Waals surface area (Å²) in [6.07, 6.45) is 6.41. The number of nitrogens with zero attached hydrogens (tertiary/aromatic N) is 1. The first kappa shape index (κ1) is 15.2. The minimum atomic E-state index is 0.105. The summed E-state index contributed by atoms with van der Waals surface area (Å²) in [6.45, 7) is 2.08. The molecule has 116 valence electrons. The zero-order valence-corrected chi connectivity index (χ0v) is 13.8. The molecule has 3 nitrogen and oxygen atoms in total. The molecule has 3 rings (SSSR count). The zero-order chi connectivity index (χ0) is 15.4. The number of carbonyl (C=O) groups is 1. The summed E-state index contributed by atoms with van der Waals surface area (Å²) in [6, 6.07) is 8.69. The number of hydrogen-bond acceptors (Lipinski definition) is 3. The van der Waals surface area contributed by atoms with Crippen molar-refractivity contribution < 1.29 is 4.79 Å². The second-order valence-corrected chi connectivity index (χ2v) is 6.95. The van der Waals surface area contributed by atoms with Crippen LogP contribution in [0, 0.1) is 6.92 Å². The zero-order valence-electron chi connectivity index (χ0n) is 13.0. The minimum absolute atomic E-state index is 0.105. The molecule has 0 radical (unpaired) electrons.